The average Bonchev–Trinajstić information content (AvgIpc) is 2.86. The van der Waals surface area contributed by atoms with Crippen LogP contribution in [0.15, 0.2) is 36.7 Å². The molecule has 0 bridgehead atoms. The SMILES string of the molecule is O=C(Nc1ccc2c(c1)CCO2)c1cncc(O)c1. The van der Waals surface area contributed by atoms with Crippen LogP contribution in [0, 0.1) is 0 Å². The van der Waals surface area contributed by atoms with Crippen LogP contribution in [0.25, 0.3) is 0 Å². The highest BCUT2D eigenvalue weighted by Gasteiger charge is 2.13. The first-order valence-electron chi connectivity index (χ1n) is 5.93. The summed E-state index contributed by atoms with van der Waals surface area (Å²) >= 11 is 0. The van der Waals surface area contributed by atoms with Crippen LogP contribution in [0.2, 0.25) is 0 Å². The zero-order chi connectivity index (χ0) is 13.2. The molecule has 0 radical (unpaired) electrons. The lowest BCUT2D eigenvalue weighted by Gasteiger charge is -2.07. The fraction of sp³-hybridized carbons (Fsp3) is 0.143. The lowest BCUT2D eigenvalue weighted by atomic mass is 10.1. The maximum atomic E-state index is 12.0. The monoisotopic (exact) mass is 256 g/mol. The predicted molar refractivity (Wildman–Crippen MR) is 69.5 cm³/mol. The van der Waals surface area contributed by atoms with Crippen molar-refractivity contribution < 1.29 is 14.6 Å². The zero-order valence-corrected chi connectivity index (χ0v) is 10.1. The van der Waals surface area contributed by atoms with Crippen molar-refractivity contribution in [2.24, 2.45) is 0 Å². The minimum atomic E-state index is -0.303. The van der Waals surface area contributed by atoms with Crippen molar-refractivity contribution in [3.8, 4) is 11.5 Å². The van der Waals surface area contributed by atoms with E-state index in [1.165, 1.54) is 18.5 Å². The number of benzene rings is 1. The van der Waals surface area contributed by atoms with Gasteiger partial charge < -0.3 is 15.2 Å². The molecule has 19 heavy (non-hydrogen) atoms. The molecule has 2 N–H and O–H groups in total. The molecule has 0 aliphatic carbocycles. The molecular weight excluding hydrogens is 244 g/mol. The van der Waals surface area contributed by atoms with Crippen molar-refractivity contribution in [3.63, 3.8) is 0 Å². The molecule has 3 rings (SSSR count). The van der Waals surface area contributed by atoms with E-state index < -0.39 is 0 Å². The second kappa shape index (κ2) is 4.61. The third-order valence-corrected chi connectivity index (χ3v) is 2.93. The summed E-state index contributed by atoms with van der Waals surface area (Å²) in [5.41, 5.74) is 2.11. The number of carbonyl (C=O) groups is 1. The minimum absolute atomic E-state index is 0.0324. The predicted octanol–water partition coefficient (Wildman–Crippen LogP) is 1.97. The highest BCUT2D eigenvalue weighted by molar-refractivity contribution is 6.04. The molecule has 0 atom stereocenters. The number of rotatable bonds is 2. The standard InChI is InChI=1S/C14H12N2O3/c17-12-6-10(7-15-8-12)14(18)16-11-1-2-13-9(5-11)3-4-19-13/h1-2,5-8,17H,3-4H2,(H,16,18). The van der Waals surface area contributed by atoms with Gasteiger partial charge in [-0.25, -0.2) is 0 Å². The quantitative estimate of drug-likeness (QED) is 0.861. The van der Waals surface area contributed by atoms with Gasteiger partial charge in [-0.15, -0.1) is 0 Å². The van der Waals surface area contributed by atoms with Crippen LogP contribution in [0.1, 0.15) is 15.9 Å². The van der Waals surface area contributed by atoms with Gasteiger partial charge in [-0.3, -0.25) is 9.78 Å². The summed E-state index contributed by atoms with van der Waals surface area (Å²) in [4.78, 5) is 15.7. The molecule has 1 aromatic carbocycles. The molecule has 1 aromatic heterocycles. The maximum absolute atomic E-state index is 12.0. The van der Waals surface area contributed by atoms with Gasteiger partial charge in [0.15, 0.2) is 0 Å². The van der Waals surface area contributed by atoms with Gasteiger partial charge >= 0.3 is 0 Å². The van der Waals surface area contributed by atoms with E-state index >= 15 is 0 Å². The number of carbonyl (C=O) groups excluding carboxylic acids is 1. The fourth-order valence-corrected chi connectivity index (χ4v) is 2.02. The summed E-state index contributed by atoms with van der Waals surface area (Å²) in [7, 11) is 0. The van der Waals surface area contributed by atoms with Crippen LogP contribution in [0.5, 0.6) is 11.5 Å². The van der Waals surface area contributed by atoms with Gasteiger partial charge in [0.2, 0.25) is 0 Å². The molecule has 5 heteroatoms. The molecule has 0 fully saturated rings. The Morgan fingerprint density at radius 3 is 3.05 bits per heavy atom. The number of amides is 1. The van der Waals surface area contributed by atoms with Gasteiger partial charge in [-0.1, -0.05) is 0 Å². The lowest BCUT2D eigenvalue weighted by molar-refractivity contribution is 0.102. The van der Waals surface area contributed by atoms with E-state index in [9.17, 15) is 9.90 Å². The Hall–Kier alpha value is -2.56. The first-order chi connectivity index (χ1) is 9.22. The van der Waals surface area contributed by atoms with E-state index in [0.29, 0.717) is 17.9 Å². The van der Waals surface area contributed by atoms with Crippen molar-refractivity contribution in [2.75, 3.05) is 11.9 Å². The summed E-state index contributed by atoms with van der Waals surface area (Å²) in [6.45, 7) is 0.684. The van der Waals surface area contributed by atoms with E-state index in [1.54, 1.807) is 6.07 Å². The van der Waals surface area contributed by atoms with Gasteiger partial charge in [0.25, 0.3) is 5.91 Å². The molecule has 1 aliphatic heterocycles. The normalized spacial score (nSPS) is 12.6. The Labute approximate surface area is 109 Å². The van der Waals surface area contributed by atoms with E-state index in [2.05, 4.69) is 10.3 Å². The number of hydrogen-bond donors (Lipinski definition) is 2. The Morgan fingerprint density at radius 1 is 1.32 bits per heavy atom. The van der Waals surface area contributed by atoms with E-state index in [4.69, 9.17) is 4.74 Å². The minimum Gasteiger partial charge on any atom is -0.506 e. The van der Waals surface area contributed by atoms with Gasteiger partial charge in [0, 0.05) is 18.3 Å². The van der Waals surface area contributed by atoms with Crippen molar-refractivity contribution in [2.45, 2.75) is 6.42 Å². The number of aromatic nitrogens is 1. The number of fused-ring (bicyclic) bond motifs is 1. The van der Waals surface area contributed by atoms with Crippen molar-refractivity contribution in [1.29, 1.82) is 0 Å². The molecular formula is C14H12N2O3. The molecule has 0 unspecified atom stereocenters. The summed E-state index contributed by atoms with van der Waals surface area (Å²) in [6.07, 6.45) is 3.54. The Balaban J connectivity index is 1.80. The topological polar surface area (TPSA) is 71.5 Å². The molecule has 0 saturated heterocycles. The molecule has 2 aromatic rings. The second-order valence-electron chi connectivity index (χ2n) is 4.31. The van der Waals surface area contributed by atoms with E-state index in [0.717, 1.165) is 17.7 Å². The third kappa shape index (κ3) is 2.35. The lowest BCUT2D eigenvalue weighted by Crippen LogP contribution is -2.12. The molecule has 0 spiro atoms. The van der Waals surface area contributed by atoms with E-state index in [1.807, 2.05) is 12.1 Å². The number of pyridine rings is 1. The Morgan fingerprint density at radius 2 is 2.21 bits per heavy atom. The summed E-state index contributed by atoms with van der Waals surface area (Å²) < 4.78 is 5.40. The number of ether oxygens (including phenoxy) is 1. The van der Waals surface area contributed by atoms with Gasteiger partial charge in [0.05, 0.1) is 18.4 Å². The third-order valence-electron chi connectivity index (χ3n) is 2.93. The van der Waals surface area contributed by atoms with Crippen LogP contribution in [-0.4, -0.2) is 22.6 Å². The highest BCUT2D eigenvalue weighted by Crippen LogP contribution is 2.28. The van der Waals surface area contributed by atoms with Crippen LogP contribution in [0.4, 0.5) is 5.69 Å². The number of nitrogens with zero attached hydrogens (tertiary/aromatic N) is 1. The molecule has 96 valence electrons. The van der Waals surface area contributed by atoms with Crippen LogP contribution in [0.3, 0.4) is 0 Å². The molecule has 5 nitrogen and oxygen atoms in total. The molecule has 2 heterocycles. The van der Waals surface area contributed by atoms with Crippen LogP contribution in [-0.2, 0) is 6.42 Å². The van der Waals surface area contributed by atoms with E-state index in [-0.39, 0.29) is 11.7 Å². The van der Waals surface area contributed by atoms with Crippen molar-refractivity contribution >= 4 is 11.6 Å². The number of aromatic hydroxyl groups is 1. The number of anilines is 1. The first kappa shape index (κ1) is 11.5. The summed E-state index contributed by atoms with van der Waals surface area (Å²) in [6, 6.07) is 6.91. The number of nitrogens with one attached hydrogen (secondary N) is 1. The first-order valence-corrected chi connectivity index (χ1v) is 5.93. The van der Waals surface area contributed by atoms with Gasteiger partial charge in [-0.05, 0) is 29.8 Å². The zero-order valence-electron chi connectivity index (χ0n) is 10.1. The van der Waals surface area contributed by atoms with Crippen LogP contribution < -0.4 is 10.1 Å². The Bertz CT molecular complexity index is 640. The Kier molecular flexibility index (Phi) is 2.79. The fourth-order valence-electron chi connectivity index (χ4n) is 2.02. The largest absolute Gasteiger partial charge is 0.506 e. The average molecular weight is 256 g/mol. The maximum Gasteiger partial charge on any atom is 0.257 e. The molecule has 1 amide bonds. The summed E-state index contributed by atoms with van der Waals surface area (Å²) in [5.74, 6) is 0.536. The van der Waals surface area contributed by atoms with Gasteiger partial charge in [-0.2, -0.15) is 0 Å². The summed E-state index contributed by atoms with van der Waals surface area (Å²) in [5, 5.41) is 12.1. The van der Waals surface area contributed by atoms with Gasteiger partial charge in [0.1, 0.15) is 11.5 Å². The smallest absolute Gasteiger partial charge is 0.257 e. The van der Waals surface area contributed by atoms with Crippen molar-refractivity contribution in [1.82, 2.24) is 4.98 Å². The van der Waals surface area contributed by atoms with Crippen molar-refractivity contribution in [3.05, 3.63) is 47.8 Å². The molecule has 1 aliphatic rings. The molecule has 0 saturated carbocycles. The second-order valence-corrected chi connectivity index (χ2v) is 4.31. The number of hydrogen-bond acceptors (Lipinski definition) is 4. The highest BCUT2D eigenvalue weighted by atomic mass is 16.5. The van der Waals surface area contributed by atoms with Crippen LogP contribution >= 0.6 is 0 Å².